The lowest BCUT2D eigenvalue weighted by Crippen LogP contribution is -2.00. The predicted molar refractivity (Wildman–Crippen MR) is 224 cm³/mol. The lowest BCUT2D eigenvalue weighted by Gasteiger charge is -2.16. The van der Waals surface area contributed by atoms with Gasteiger partial charge in [-0.1, -0.05) is 158 Å². The third-order valence-electron chi connectivity index (χ3n) is 10.5. The van der Waals surface area contributed by atoms with Gasteiger partial charge in [-0.15, -0.1) is 11.3 Å². The molecule has 4 heteroatoms. The molecule has 11 aromatic rings. The van der Waals surface area contributed by atoms with Crippen molar-refractivity contribution in [1.29, 1.82) is 0 Å². The summed E-state index contributed by atoms with van der Waals surface area (Å²) in [5.74, 6) is 1.99. The van der Waals surface area contributed by atoms with Crippen LogP contribution in [0.2, 0.25) is 0 Å². The van der Waals surface area contributed by atoms with Crippen molar-refractivity contribution in [3.8, 4) is 45.3 Å². The van der Waals surface area contributed by atoms with Gasteiger partial charge in [0.15, 0.2) is 17.5 Å². The van der Waals surface area contributed by atoms with Crippen molar-refractivity contribution < 1.29 is 0 Å². The van der Waals surface area contributed by atoms with E-state index in [0.29, 0.717) is 17.5 Å². The summed E-state index contributed by atoms with van der Waals surface area (Å²) in [6.07, 6.45) is 0. The van der Waals surface area contributed by atoms with Crippen molar-refractivity contribution in [2.24, 2.45) is 0 Å². The summed E-state index contributed by atoms with van der Waals surface area (Å²) >= 11 is 1.79. The largest absolute Gasteiger partial charge is 0.208 e. The maximum Gasteiger partial charge on any atom is 0.165 e. The molecule has 2 heterocycles. The van der Waals surface area contributed by atoms with Crippen LogP contribution in [0.1, 0.15) is 0 Å². The predicted octanol–water partition coefficient (Wildman–Crippen LogP) is 13.5. The minimum atomic E-state index is 0.652. The van der Waals surface area contributed by atoms with E-state index in [1.54, 1.807) is 11.3 Å². The number of hydrogen-bond donors (Lipinski definition) is 0. The Balaban J connectivity index is 1.10. The maximum absolute atomic E-state index is 5.16. The molecule has 0 bridgehead atoms. The lowest BCUT2D eigenvalue weighted by molar-refractivity contribution is 1.08. The van der Waals surface area contributed by atoms with E-state index >= 15 is 0 Å². The fraction of sp³-hybridized carbons (Fsp3) is 0. The Kier molecular flexibility index (Phi) is 6.73. The molecule has 0 N–H and O–H groups in total. The molecule has 0 fully saturated rings. The quantitative estimate of drug-likeness (QED) is 0.172. The molecule has 0 radical (unpaired) electrons. The Labute approximate surface area is 309 Å². The van der Waals surface area contributed by atoms with Gasteiger partial charge in [-0.25, -0.2) is 15.0 Å². The molecule has 3 nitrogen and oxygen atoms in total. The first-order valence-corrected chi connectivity index (χ1v) is 18.7. The molecular weight excluding hydrogens is 663 g/mol. The van der Waals surface area contributed by atoms with Gasteiger partial charge in [-0.2, -0.15) is 0 Å². The van der Waals surface area contributed by atoms with Crippen molar-refractivity contribution in [2.45, 2.75) is 0 Å². The van der Waals surface area contributed by atoms with Crippen LogP contribution in [0.15, 0.2) is 176 Å². The van der Waals surface area contributed by atoms with Gasteiger partial charge in [0, 0.05) is 36.9 Å². The van der Waals surface area contributed by atoms with E-state index in [4.69, 9.17) is 15.0 Å². The van der Waals surface area contributed by atoms with Crippen LogP contribution in [0, 0.1) is 0 Å². The maximum atomic E-state index is 5.16. The molecule has 246 valence electrons. The first-order chi connectivity index (χ1) is 26.3. The molecule has 0 spiro atoms. The molecule has 0 aliphatic heterocycles. The fourth-order valence-corrected chi connectivity index (χ4v) is 9.28. The van der Waals surface area contributed by atoms with Crippen LogP contribution in [-0.4, -0.2) is 15.0 Å². The average molecular weight is 692 g/mol. The highest BCUT2D eigenvalue weighted by atomic mass is 32.1. The van der Waals surface area contributed by atoms with E-state index in [-0.39, 0.29) is 0 Å². The molecule has 0 unspecified atom stereocenters. The Morgan fingerprint density at radius 2 is 0.792 bits per heavy atom. The number of rotatable bonds is 4. The van der Waals surface area contributed by atoms with Crippen molar-refractivity contribution in [3.05, 3.63) is 176 Å². The monoisotopic (exact) mass is 691 g/mol. The molecule has 9 aromatic carbocycles. The molecular formula is C49H29N3S. The van der Waals surface area contributed by atoms with E-state index in [1.807, 2.05) is 18.2 Å². The van der Waals surface area contributed by atoms with Crippen LogP contribution in [0.3, 0.4) is 0 Å². The number of aromatic nitrogens is 3. The van der Waals surface area contributed by atoms with Crippen LogP contribution in [0.25, 0.3) is 109 Å². The molecule has 53 heavy (non-hydrogen) atoms. The Bertz CT molecular complexity index is 3220. The standard InChI is InChI=1S/C49H29N3S/c1-2-13-31(14-3-1)47-50-48(52-49(51-47)41-23-12-22-40-37-19-10-11-24-44(37)53-46(40)41)32-27-25-30(26-28-32)42-29-43-35-17-5-4-15-33(35)34-16-6-8-20-38(34)45(43)39-21-9-7-18-36(39)42/h1-29H. The number of hydrogen-bond acceptors (Lipinski definition) is 4. The molecule has 2 aromatic heterocycles. The first-order valence-electron chi connectivity index (χ1n) is 17.9. The van der Waals surface area contributed by atoms with E-state index in [9.17, 15) is 0 Å². The van der Waals surface area contributed by atoms with Gasteiger partial charge in [0.25, 0.3) is 0 Å². The van der Waals surface area contributed by atoms with Crippen molar-refractivity contribution >= 4 is 74.6 Å². The van der Waals surface area contributed by atoms with Gasteiger partial charge in [0.2, 0.25) is 0 Å². The Morgan fingerprint density at radius 1 is 0.302 bits per heavy atom. The van der Waals surface area contributed by atoms with E-state index in [0.717, 1.165) is 22.3 Å². The van der Waals surface area contributed by atoms with E-state index in [2.05, 4.69) is 158 Å². The molecule has 0 atom stereocenters. The Hall–Kier alpha value is -6.75. The third-order valence-corrected chi connectivity index (χ3v) is 11.7. The lowest BCUT2D eigenvalue weighted by atomic mass is 9.87. The number of benzene rings is 9. The highest BCUT2D eigenvalue weighted by Gasteiger charge is 2.18. The smallest absolute Gasteiger partial charge is 0.165 e. The van der Waals surface area contributed by atoms with Crippen LogP contribution in [0.5, 0.6) is 0 Å². The SMILES string of the molecule is c1ccc(-c2nc(-c3ccc(-c4cc5c6ccccc6c6ccccc6c5c5ccccc45)cc3)nc(-c3cccc4c3sc3ccccc34)n2)cc1. The molecule has 0 aliphatic rings. The van der Waals surface area contributed by atoms with Gasteiger partial charge in [0.1, 0.15) is 0 Å². The normalized spacial score (nSPS) is 11.8. The van der Waals surface area contributed by atoms with E-state index in [1.165, 1.54) is 68.8 Å². The summed E-state index contributed by atoms with van der Waals surface area (Å²) in [6, 6.07) is 62.7. The van der Waals surface area contributed by atoms with Crippen molar-refractivity contribution in [1.82, 2.24) is 15.0 Å². The first kappa shape index (κ1) is 29.9. The zero-order chi connectivity index (χ0) is 34.9. The van der Waals surface area contributed by atoms with Crippen molar-refractivity contribution in [3.63, 3.8) is 0 Å². The molecule has 0 amide bonds. The average Bonchev–Trinajstić information content (AvgIpc) is 3.63. The van der Waals surface area contributed by atoms with E-state index < -0.39 is 0 Å². The minimum absolute atomic E-state index is 0.652. The zero-order valence-corrected chi connectivity index (χ0v) is 29.3. The Morgan fingerprint density at radius 3 is 1.51 bits per heavy atom. The molecule has 11 rings (SSSR count). The summed E-state index contributed by atoms with van der Waals surface area (Å²) in [4.78, 5) is 15.3. The van der Waals surface area contributed by atoms with Gasteiger partial charge >= 0.3 is 0 Å². The summed E-state index contributed by atoms with van der Waals surface area (Å²) in [7, 11) is 0. The van der Waals surface area contributed by atoms with Gasteiger partial charge in [0.05, 0.1) is 0 Å². The van der Waals surface area contributed by atoms with Gasteiger partial charge < -0.3 is 0 Å². The second-order valence-electron chi connectivity index (χ2n) is 13.5. The summed E-state index contributed by atoms with van der Waals surface area (Å²) in [5.41, 5.74) is 5.28. The van der Waals surface area contributed by atoms with Crippen LogP contribution >= 0.6 is 11.3 Å². The minimum Gasteiger partial charge on any atom is -0.208 e. The van der Waals surface area contributed by atoms with Crippen LogP contribution < -0.4 is 0 Å². The second kappa shape index (κ2) is 11.9. The van der Waals surface area contributed by atoms with Crippen LogP contribution in [0.4, 0.5) is 0 Å². The third kappa shape index (κ3) is 4.77. The number of thiophene rings is 1. The van der Waals surface area contributed by atoms with Gasteiger partial charge in [-0.05, 0) is 72.4 Å². The number of fused-ring (bicyclic) bond motifs is 11. The number of nitrogens with zero attached hydrogens (tertiary/aromatic N) is 3. The van der Waals surface area contributed by atoms with Crippen LogP contribution in [-0.2, 0) is 0 Å². The highest BCUT2D eigenvalue weighted by Crippen LogP contribution is 2.43. The molecule has 0 aliphatic carbocycles. The molecule has 0 saturated carbocycles. The topological polar surface area (TPSA) is 38.7 Å². The fourth-order valence-electron chi connectivity index (χ4n) is 8.07. The molecule has 0 saturated heterocycles. The summed E-state index contributed by atoms with van der Waals surface area (Å²) < 4.78 is 2.44. The zero-order valence-electron chi connectivity index (χ0n) is 28.5. The van der Waals surface area contributed by atoms with Crippen molar-refractivity contribution in [2.75, 3.05) is 0 Å². The van der Waals surface area contributed by atoms with Gasteiger partial charge in [-0.3, -0.25) is 0 Å². The highest BCUT2D eigenvalue weighted by molar-refractivity contribution is 7.26. The second-order valence-corrected chi connectivity index (χ2v) is 14.6. The summed E-state index contributed by atoms with van der Waals surface area (Å²) in [6.45, 7) is 0. The summed E-state index contributed by atoms with van der Waals surface area (Å²) in [5, 5.41) is 12.7.